The lowest BCUT2D eigenvalue weighted by molar-refractivity contribution is -0.172. The van der Waals surface area contributed by atoms with Crippen molar-refractivity contribution < 1.29 is 54.6 Å². The van der Waals surface area contributed by atoms with Crippen LogP contribution in [0.1, 0.15) is 61.8 Å². The van der Waals surface area contributed by atoms with Crippen LogP contribution in [0.2, 0.25) is 0 Å². The fourth-order valence-corrected chi connectivity index (χ4v) is 6.68. The number of hydrogen-bond acceptors (Lipinski definition) is 7. The molecule has 2 aromatic carbocycles. The Bertz CT molecular complexity index is 1890. The monoisotopic (exact) mass is 725 g/mol. The van der Waals surface area contributed by atoms with Crippen LogP contribution in [0.3, 0.4) is 0 Å². The number of aliphatic hydroxyl groups excluding tert-OH is 1. The molecule has 9 nitrogen and oxygen atoms in total. The van der Waals surface area contributed by atoms with E-state index in [1.54, 1.807) is 0 Å². The molecule has 17 heteroatoms. The number of rotatable bonds is 8. The van der Waals surface area contributed by atoms with Gasteiger partial charge in [-0.25, -0.2) is 19.4 Å². The van der Waals surface area contributed by atoms with Crippen LogP contribution in [0.15, 0.2) is 54.1 Å². The van der Waals surface area contributed by atoms with Crippen LogP contribution in [0.5, 0.6) is 5.75 Å². The summed E-state index contributed by atoms with van der Waals surface area (Å²) in [7, 11) is 1.43. The van der Waals surface area contributed by atoms with Crippen molar-refractivity contribution in [1.82, 2.24) is 20.0 Å². The van der Waals surface area contributed by atoms with E-state index in [1.165, 1.54) is 24.2 Å². The Balaban J connectivity index is 1.32. The highest BCUT2D eigenvalue weighted by Gasteiger charge is 2.55. The van der Waals surface area contributed by atoms with E-state index >= 15 is 8.78 Å². The normalized spacial score (nSPS) is 18.4. The van der Waals surface area contributed by atoms with Gasteiger partial charge < -0.3 is 15.2 Å². The molecule has 0 radical (unpaired) electrons. The number of benzene rings is 2. The molecular formula is C34H31F8N5O4. The van der Waals surface area contributed by atoms with Crippen molar-refractivity contribution >= 4 is 17.5 Å². The number of hydrazine groups is 1. The Kier molecular flexibility index (Phi) is 9.46. The van der Waals surface area contributed by atoms with Crippen LogP contribution in [-0.4, -0.2) is 56.1 Å². The highest BCUT2D eigenvalue weighted by atomic mass is 19.4. The molecule has 1 aromatic heterocycles. The summed E-state index contributed by atoms with van der Waals surface area (Å²) in [6.07, 6.45) is -4.48. The Hall–Kier alpha value is -4.80. The molecule has 1 spiro atoms. The predicted octanol–water partition coefficient (Wildman–Crippen LogP) is 7.59. The van der Waals surface area contributed by atoms with Crippen molar-refractivity contribution in [2.75, 3.05) is 19.0 Å². The van der Waals surface area contributed by atoms with Crippen molar-refractivity contribution in [2.24, 2.45) is 5.92 Å². The number of aliphatic hydroxyl groups is 1. The van der Waals surface area contributed by atoms with Crippen molar-refractivity contribution in [3.05, 3.63) is 82.5 Å². The molecular weight excluding hydrogens is 694 g/mol. The maximum atomic E-state index is 15.4. The Morgan fingerprint density at radius 3 is 2.31 bits per heavy atom. The maximum absolute atomic E-state index is 15.4. The van der Waals surface area contributed by atoms with E-state index in [4.69, 9.17) is 4.74 Å². The first-order valence-corrected chi connectivity index (χ1v) is 16.0. The molecule has 2 amide bonds. The maximum Gasteiger partial charge on any atom is 0.433 e. The molecule has 3 aromatic rings. The average molecular weight is 726 g/mol. The van der Waals surface area contributed by atoms with Gasteiger partial charge in [-0.05, 0) is 68.4 Å². The van der Waals surface area contributed by atoms with Crippen LogP contribution in [0.25, 0.3) is 11.3 Å². The SMILES string of the molecule is CN1N(Cc2ccc(OCC3CCCC3)c(F)c2F)C(=O)C(C(=O)Nc2ccc(C(F)(F)F)cc2-c2cc(C(F)(F)F)ncn2)=C(O)C12CCC2. The number of anilines is 1. The van der Waals surface area contributed by atoms with Crippen molar-refractivity contribution in [2.45, 2.75) is 69.4 Å². The van der Waals surface area contributed by atoms with Gasteiger partial charge in [-0.2, -0.15) is 30.7 Å². The van der Waals surface area contributed by atoms with E-state index in [-0.39, 0.29) is 36.7 Å². The number of alkyl halides is 6. The molecule has 0 bridgehead atoms. The molecule has 0 atom stereocenters. The summed E-state index contributed by atoms with van der Waals surface area (Å²) < 4.78 is 117. The Labute approximate surface area is 285 Å². The standard InChI is InChI=1S/C34H31F8N5O4/c1-46-32(11-4-12-32)29(48)26(31(50)47(46)15-19-7-10-24(28(36)27(19)35)51-16-18-5-2-3-6-18)30(49)45-22-9-8-20(33(37,38)39)13-21(22)23-14-25(34(40,41)42)44-17-43-23/h7-10,13-14,17-18,48H,2-6,11-12,15-16H2,1H3,(H,45,49). The van der Waals surface area contributed by atoms with Crippen LogP contribution in [0.4, 0.5) is 40.8 Å². The van der Waals surface area contributed by atoms with Crippen LogP contribution < -0.4 is 10.1 Å². The topological polar surface area (TPSA) is 108 Å². The smallest absolute Gasteiger partial charge is 0.433 e. The Morgan fingerprint density at radius 1 is 0.980 bits per heavy atom. The first kappa shape index (κ1) is 36.0. The number of hydrogen-bond donors (Lipinski definition) is 2. The molecule has 2 fully saturated rings. The summed E-state index contributed by atoms with van der Waals surface area (Å²) >= 11 is 0. The highest BCUT2D eigenvalue weighted by Crippen LogP contribution is 2.47. The molecule has 272 valence electrons. The van der Waals surface area contributed by atoms with E-state index in [2.05, 4.69) is 15.3 Å². The van der Waals surface area contributed by atoms with Crippen molar-refractivity contribution in [3.8, 4) is 17.0 Å². The van der Waals surface area contributed by atoms with Gasteiger partial charge in [0, 0.05) is 18.2 Å². The van der Waals surface area contributed by atoms with Gasteiger partial charge in [0.1, 0.15) is 23.4 Å². The lowest BCUT2D eigenvalue weighted by Gasteiger charge is -2.54. The number of carbonyl (C=O) groups excluding carboxylic acids is 2. The predicted molar refractivity (Wildman–Crippen MR) is 164 cm³/mol. The van der Waals surface area contributed by atoms with Gasteiger partial charge in [-0.1, -0.05) is 18.9 Å². The second-order valence-corrected chi connectivity index (χ2v) is 12.8. The molecule has 2 saturated carbocycles. The van der Waals surface area contributed by atoms with Gasteiger partial charge in [-0.3, -0.25) is 14.6 Å². The number of likely N-dealkylation sites (N-methyl/N-ethyl adjacent to an activating group) is 1. The second-order valence-electron chi connectivity index (χ2n) is 12.8. The zero-order valence-electron chi connectivity index (χ0n) is 27.0. The van der Waals surface area contributed by atoms with Crippen molar-refractivity contribution in [3.63, 3.8) is 0 Å². The number of aromatic nitrogens is 2. The minimum atomic E-state index is -4.98. The van der Waals surface area contributed by atoms with E-state index < -0.39 is 87.4 Å². The zero-order valence-corrected chi connectivity index (χ0v) is 27.0. The third-order valence-corrected chi connectivity index (χ3v) is 9.74. The largest absolute Gasteiger partial charge is 0.509 e. The van der Waals surface area contributed by atoms with E-state index in [9.17, 15) is 41.0 Å². The molecule has 2 aliphatic carbocycles. The first-order valence-electron chi connectivity index (χ1n) is 16.0. The Morgan fingerprint density at radius 2 is 1.69 bits per heavy atom. The van der Waals surface area contributed by atoms with Crippen LogP contribution >= 0.6 is 0 Å². The summed E-state index contributed by atoms with van der Waals surface area (Å²) in [4.78, 5) is 34.5. The molecule has 0 unspecified atom stereocenters. The molecule has 6 rings (SSSR count). The fraction of sp³-hybridized carbons (Fsp3) is 0.412. The summed E-state index contributed by atoms with van der Waals surface area (Å²) in [6.45, 7) is -0.366. The van der Waals surface area contributed by atoms with Gasteiger partial charge in [0.25, 0.3) is 11.8 Å². The number of carbonyl (C=O) groups is 2. The molecule has 2 N–H and O–H groups in total. The van der Waals surface area contributed by atoms with E-state index in [0.717, 1.165) is 36.8 Å². The summed E-state index contributed by atoms with van der Waals surface area (Å²) in [5.41, 5.74) is -6.84. The quantitative estimate of drug-likeness (QED) is 0.182. The highest BCUT2D eigenvalue weighted by molar-refractivity contribution is 6.24. The summed E-state index contributed by atoms with van der Waals surface area (Å²) in [6, 6.07) is 4.68. The lowest BCUT2D eigenvalue weighted by atomic mass is 9.72. The average Bonchev–Trinajstić information content (AvgIpc) is 3.57. The molecule has 3 aliphatic rings. The van der Waals surface area contributed by atoms with Gasteiger partial charge in [0.2, 0.25) is 5.82 Å². The van der Waals surface area contributed by atoms with Gasteiger partial charge in [0.05, 0.1) is 35.6 Å². The van der Waals surface area contributed by atoms with E-state index in [1.807, 2.05) is 0 Å². The first-order chi connectivity index (χ1) is 24.0. The zero-order chi connectivity index (χ0) is 36.9. The van der Waals surface area contributed by atoms with Crippen LogP contribution in [0, 0.1) is 17.6 Å². The number of halogens is 8. The van der Waals surface area contributed by atoms with Gasteiger partial charge in [0.15, 0.2) is 11.6 Å². The molecule has 2 heterocycles. The number of amides is 2. The third-order valence-electron chi connectivity index (χ3n) is 9.74. The molecule has 0 saturated heterocycles. The summed E-state index contributed by atoms with van der Waals surface area (Å²) in [5.74, 6) is -5.74. The minimum absolute atomic E-state index is 0.218. The lowest BCUT2D eigenvalue weighted by Crippen LogP contribution is -2.65. The second kappa shape index (κ2) is 13.4. The third kappa shape index (κ3) is 6.82. The number of nitrogens with one attached hydrogen (secondary N) is 1. The number of ether oxygens (including phenoxy) is 1. The fourth-order valence-electron chi connectivity index (χ4n) is 6.68. The van der Waals surface area contributed by atoms with Crippen LogP contribution in [-0.2, 0) is 28.5 Å². The van der Waals surface area contributed by atoms with Crippen molar-refractivity contribution in [1.29, 1.82) is 0 Å². The van der Waals surface area contributed by atoms with E-state index in [0.29, 0.717) is 30.9 Å². The molecule has 1 aliphatic heterocycles. The minimum Gasteiger partial charge on any atom is -0.509 e. The van der Waals surface area contributed by atoms with Gasteiger partial charge in [-0.15, -0.1) is 0 Å². The van der Waals surface area contributed by atoms with Gasteiger partial charge >= 0.3 is 12.4 Å². The molecule has 51 heavy (non-hydrogen) atoms. The summed E-state index contributed by atoms with van der Waals surface area (Å²) in [5, 5.41) is 15.9. The number of nitrogens with zero attached hydrogens (tertiary/aromatic N) is 4.